The fourth-order valence-electron chi connectivity index (χ4n) is 2.38. The maximum atomic E-state index is 13.4. The van der Waals surface area contributed by atoms with Crippen molar-refractivity contribution >= 4 is 34.8 Å². The topological polar surface area (TPSA) is 76.0 Å². The Balaban J connectivity index is 1.67. The number of halogens is 2. The number of carbonyl (C=O) groups excluding carboxylic acids is 2. The van der Waals surface area contributed by atoms with Crippen molar-refractivity contribution in [1.29, 1.82) is 0 Å². The Bertz CT molecular complexity index is 775. The van der Waals surface area contributed by atoms with Gasteiger partial charge in [0, 0.05) is 19.5 Å². The smallest absolute Gasteiger partial charge is 0.292 e. The van der Waals surface area contributed by atoms with Crippen LogP contribution < -0.4 is 10.6 Å². The van der Waals surface area contributed by atoms with E-state index >= 15 is 0 Å². The van der Waals surface area contributed by atoms with E-state index in [-0.39, 0.29) is 11.4 Å². The average Bonchev–Trinajstić information content (AvgIpc) is 2.94. The molecule has 0 atom stereocenters. The molecule has 0 fully saturated rings. The van der Waals surface area contributed by atoms with Gasteiger partial charge in [-0.05, 0) is 24.1 Å². The molecule has 1 aromatic heterocycles. The van der Waals surface area contributed by atoms with Crippen LogP contribution in [0.3, 0.4) is 0 Å². The normalized spacial score (nSPS) is 13.1. The first kappa shape index (κ1) is 15.5. The molecule has 120 valence electrons. The number of fused-ring (bicyclic) bond motifs is 1. The van der Waals surface area contributed by atoms with Crippen molar-refractivity contribution in [3.63, 3.8) is 0 Å². The number of nitrogens with zero attached hydrogens (tertiary/aromatic N) is 2. The molecule has 0 radical (unpaired) electrons. The molecular formula is C15H14ClFN4O2. The van der Waals surface area contributed by atoms with Crippen LogP contribution in [0.4, 0.5) is 15.9 Å². The monoisotopic (exact) mass is 336 g/mol. The highest BCUT2D eigenvalue weighted by Gasteiger charge is 2.20. The number of carbonyl (C=O) groups is 2. The minimum absolute atomic E-state index is 0.0248. The van der Waals surface area contributed by atoms with Gasteiger partial charge in [0.25, 0.3) is 5.91 Å². The first-order valence-corrected chi connectivity index (χ1v) is 7.50. The molecular weight excluding hydrogens is 323 g/mol. The third-order valence-corrected chi connectivity index (χ3v) is 3.84. The van der Waals surface area contributed by atoms with Gasteiger partial charge in [-0.25, -0.2) is 9.07 Å². The molecule has 6 nitrogen and oxygen atoms in total. The summed E-state index contributed by atoms with van der Waals surface area (Å²) in [6.07, 6.45) is 2.25. The highest BCUT2D eigenvalue weighted by Crippen LogP contribution is 2.24. The number of rotatable bonds is 4. The van der Waals surface area contributed by atoms with Gasteiger partial charge in [0.15, 0.2) is 0 Å². The number of anilines is 2. The number of hydrogen-bond acceptors (Lipinski definition) is 4. The van der Waals surface area contributed by atoms with Gasteiger partial charge < -0.3 is 10.6 Å². The molecule has 1 aliphatic rings. The Morgan fingerprint density at radius 2 is 2.26 bits per heavy atom. The molecule has 3 rings (SSSR count). The van der Waals surface area contributed by atoms with Crippen molar-refractivity contribution in [1.82, 2.24) is 9.78 Å². The second-order valence-electron chi connectivity index (χ2n) is 5.21. The molecule has 0 saturated heterocycles. The summed E-state index contributed by atoms with van der Waals surface area (Å²) >= 11 is 5.59. The standard InChI is InChI=1S/C15H14ClFN4O2/c16-10-3-2-9(6-11(10)17)7-13(22)15(23)20-12-8-19-21-5-1-4-18-14(12)21/h2-3,6,8,18H,1,4-5,7H2,(H,20,23). The number of ketones is 1. The summed E-state index contributed by atoms with van der Waals surface area (Å²) in [5.41, 5.74) is 0.854. The fraction of sp³-hybridized carbons (Fsp3) is 0.267. The van der Waals surface area contributed by atoms with Crippen LogP contribution in [0, 0.1) is 5.82 Å². The van der Waals surface area contributed by atoms with E-state index < -0.39 is 17.5 Å². The number of amides is 1. The van der Waals surface area contributed by atoms with Crippen LogP contribution >= 0.6 is 11.6 Å². The van der Waals surface area contributed by atoms with Crippen LogP contribution in [0.15, 0.2) is 24.4 Å². The Labute approximate surface area is 136 Å². The van der Waals surface area contributed by atoms with Crippen LogP contribution in [0.5, 0.6) is 0 Å². The molecule has 1 amide bonds. The van der Waals surface area contributed by atoms with Gasteiger partial charge in [0.05, 0.1) is 11.2 Å². The second-order valence-corrected chi connectivity index (χ2v) is 5.62. The number of aromatic nitrogens is 2. The highest BCUT2D eigenvalue weighted by molar-refractivity contribution is 6.41. The van der Waals surface area contributed by atoms with E-state index in [1.165, 1.54) is 18.3 Å². The first-order valence-electron chi connectivity index (χ1n) is 7.12. The van der Waals surface area contributed by atoms with Gasteiger partial charge in [-0.3, -0.25) is 9.59 Å². The zero-order chi connectivity index (χ0) is 16.4. The van der Waals surface area contributed by atoms with Gasteiger partial charge in [0.2, 0.25) is 5.78 Å². The lowest BCUT2D eigenvalue weighted by atomic mass is 10.1. The predicted octanol–water partition coefficient (Wildman–Crippen LogP) is 2.24. The summed E-state index contributed by atoms with van der Waals surface area (Å²) in [5, 5.41) is 9.78. The van der Waals surface area contributed by atoms with Crippen LogP contribution in [-0.2, 0) is 22.6 Å². The molecule has 23 heavy (non-hydrogen) atoms. The van der Waals surface area contributed by atoms with Crippen molar-refractivity contribution in [2.24, 2.45) is 0 Å². The summed E-state index contributed by atoms with van der Waals surface area (Å²) in [6.45, 7) is 1.54. The third kappa shape index (κ3) is 3.34. The zero-order valence-electron chi connectivity index (χ0n) is 12.1. The fourth-order valence-corrected chi connectivity index (χ4v) is 2.49. The van der Waals surface area contributed by atoms with E-state index in [2.05, 4.69) is 15.7 Å². The summed E-state index contributed by atoms with van der Waals surface area (Å²) in [7, 11) is 0. The molecule has 2 aromatic rings. The second kappa shape index (κ2) is 6.37. The van der Waals surface area contributed by atoms with Gasteiger partial charge >= 0.3 is 0 Å². The van der Waals surface area contributed by atoms with Crippen molar-refractivity contribution in [3.8, 4) is 0 Å². The van der Waals surface area contributed by atoms with E-state index in [1.54, 1.807) is 4.68 Å². The zero-order valence-corrected chi connectivity index (χ0v) is 12.9. The Kier molecular flexibility index (Phi) is 4.29. The highest BCUT2D eigenvalue weighted by atomic mass is 35.5. The third-order valence-electron chi connectivity index (χ3n) is 3.53. The average molecular weight is 337 g/mol. The first-order chi connectivity index (χ1) is 11.0. The number of benzene rings is 1. The SMILES string of the molecule is O=C(Cc1ccc(Cl)c(F)c1)C(=O)Nc1cnn2c1NCCC2. The predicted molar refractivity (Wildman–Crippen MR) is 84.1 cm³/mol. The molecule has 0 unspecified atom stereocenters. The van der Waals surface area contributed by atoms with Gasteiger partial charge in [-0.15, -0.1) is 0 Å². The molecule has 1 aromatic carbocycles. The van der Waals surface area contributed by atoms with E-state index in [0.29, 0.717) is 17.1 Å². The van der Waals surface area contributed by atoms with Crippen LogP contribution in [0.1, 0.15) is 12.0 Å². The van der Waals surface area contributed by atoms with Crippen LogP contribution in [0.25, 0.3) is 0 Å². The lowest BCUT2D eigenvalue weighted by Gasteiger charge is -2.16. The van der Waals surface area contributed by atoms with Gasteiger partial charge in [-0.2, -0.15) is 5.10 Å². The molecule has 0 bridgehead atoms. The summed E-state index contributed by atoms with van der Waals surface area (Å²) in [5.74, 6) is -1.35. The lowest BCUT2D eigenvalue weighted by Crippen LogP contribution is -2.25. The van der Waals surface area contributed by atoms with E-state index in [0.717, 1.165) is 25.6 Å². The molecule has 0 aliphatic carbocycles. The molecule has 2 heterocycles. The number of Topliss-reactive ketones (excluding diaryl/α,β-unsaturated/α-hetero) is 1. The largest absolute Gasteiger partial charge is 0.368 e. The van der Waals surface area contributed by atoms with Crippen molar-refractivity contribution < 1.29 is 14.0 Å². The lowest BCUT2D eigenvalue weighted by molar-refractivity contribution is -0.134. The van der Waals surface area contributed by atoms with Crippen molar-refractivity contribution in [3.05, 3.63) is 40.8 Å². The van der Waals surface area contributed by atoms with Crippen LogP contribution in [0.2, 0.25) is 5.02 Å². The summed E-state index contributed by atoms with van der Waals surface area (Å²) in [4.78, 5) is 24.0. The van der Waals surface area contributed by atoms with Crippen LogP contribution in [-0.4, -0.2) is 28.0 Å². The maximum absolute atomic E-state index is 13.4. The summed E-state index contributed by atoms with van der Waals surface area (Å²) < 4.78 is 15.1. The molecule has 8 heteroatoms. The molecule has 1 aliphatic heterocycles. The van der Waals surface area contributed by atoms with E-state index in [9.17, 15) is 14.0 Å². The Morgan fingerprint density at radius 1 is 1.43 bits per heavy atom. The minimum Gasteiger partial charge on any atom is -0.368 e. The number of aryl methyl sites for hydroxylation is 1. The van der Waals surface area contributed by atoms with Gasteiger partial charge in [0.1, 0.15) is 17.3 Å². The van der Waals surface area contributed by atoms with Crippen molar-refractivity contribution in [2.45, 2.75) is 19.4 Å². The van der Waals surface area contributed by atoms with Crippen molar-refractivity contribution in [2.75, 3.05) is 17.2 Å². The number of hydrogen-bond donors (Lipinski definition) is 2. The molecule has 2 N–H and O–H groups in total. The quantitative estimate of drug-likeness (QED) is 0.840. The molecule has 0 spiro atoms. The van der Waals surface area contributed by atoms with E-state index in [1.807, 2.05) is 0 Å². The summed E-state index contributed by atoms with van der Waals surface area (Å²) in [6, 6.07) is 4.02. The Morgan fingerprint density at radius 3 is 3.04 bits per heavy atom. The minimum atomic E-state index is -0.761. The maximum Gasteiger partial charge on any atom is 0.292 e. The Hall–Kier alpha value is -2.41. The molecule has 0 saturated carbocycles. The van der Waals surface area contributed by atoms with E-state index in [4.69, 9.17) is 11.6 Å². The number of nitrogens with one attached hydrogen (secondary N) is 2. The van der Waals surface area contributed by atoms with Gasteiger partial charge in [-0.1, -0.05) is 17.7 Å².